The van der Waals surface area contributed by atoms with E-state index in [2.05, 4.69) is 4.98 Å². The van der Waals surface area contributed by atoms with E-state index >= 15 is 0 Å². The third kappa shape index (κ3) is 3.05. The summed E-state index contributed by atoms with van der Waals surface area (Å²) in [6.45, 7) is 0.698. The molecule has 0 saturated carbocycles. The molecular weight excluding hydrogens is 286 g/mol. The molecule has 0 amide bonds. The first kappa shape index (κ1) is 15.4. The highest BCUT2D eigenvalue weighted by atomic mass is 19.3. The molecule has 0 fully saturated rings. The topological polar surface area (TPSA) is 33.1 Å². The van der Waals surface area contributed by atoms with Gasteiger partial charge in [0.05, 0.1) is 12.5 Å². The standard InChI is InChI=1S/C15H13F4NO/c1-9-2-5-14(20-7-9)15(18,19)12(8-21)11-4-3-10(16)6-13(11)17/h2-7,12,21H,8H2,1H3. The summed E-state index contributed by atoms with van der Waals surface area (Å²) in [6.07, 6.45) is 1.26. The van der Waals surface area contributed by atoms with E-state index in [4.69, 9.17) is 0 Å². The second-order valence-corrected chi connectivity index (χ2v) is 4.74. The average molecular weight is 299 g/mol. The van der Waals surface area contributed by atoms with Crippen molar-refractivity contribution in [2.45, 2.75) is 18.8 Å². The number of aromatic nitrogens is 1. The highest BCUT2D eigenvalue weighted by molar-refractivity contribution is 5.28. The summed E-state index contributed by atoms with van der Waals surface area (Å²) < 4.78 is 55.4. The van der Waals surface area contributed by atoms with Gasteiger partial charge in [0.25, 0.3) is 5.92 Å². The fourth-order valence-corrected chi connectivity index (χ4v) is 2.04. The Labute approximate surface area is 119 Å². The normalized spacial score (nSPS) is 13.2. The Morgan fingerprint density at radius 1 is 1.19 bits per heavy atom. The van der Waals surface area contributed by atoms with Crippen molar-refractivity contribution in [2.24, 2.45) is 0 Å². The zero-order valence-corrected chi connectivity index (χ0v) is 11.2. The Balaban J connectivity index is 2.45. The van der Waals surface area contributed by atoms with Crippen LogP contribution >= 0.6 is 0 Å². The molecule has 0 aliphatic carbocycles. The van der Waals surface area contributed by atoms with Crippen LogP contribution in [-0.4, -0.2) is 16.7 Å². The maximum absolute atomic E-state index is 14.4. The van der Waals surface area contributed by atoms with Gasteiger partial charge in [-0.3, -0.25) is 4.98 Å². The van der Waals surface area contributed by atoms with Crippen molar-refractivity contribution in [1.29, 1.82) is 0 Å². The molecule has 1 N–H and O–H groups in total. The quantitative estimate of drug-likeness (QED) is 0.876. The van der Waals surface area contributed by atoms with Crippen LogP contribution in [0.2, 0.25) is 0 Å². The molecule has 21 heavy (non-hydrogen) atoms. The Morgan fingerprint density at radius 3 is 2.43 bits per heavy atom. The number of hydrogen-bond donors (Lipinski definition) is 1. The van der Waals surface area contributed by atoms with Gasteiger partial charge < -0.3 is 5.11 Å². The number of rotatable bonds is 4. The second kappa shape index (κ2) is 5.81. The van der Waals surface area contributed by atoms with Crippen LogP contribution < -0.4 is 0 Å². The van der Waals surface area contributed by atoms with Gasteiger partial charge in [0.2, 0.25) is 0 Å². The molecule has 1 unspecified atom stereocenters. The zero-order valence-electron chi connectivity index (χ0n) is 11.2. The second-order valence-electron chi connectivity index (χ2n) is 4.74. The zero-order chi connectivity index (χ0) is 15.6. The fraction of sp³-hybridized carbons (Fsp3) is 0.267. The molecule has 0 saturated heterocycles. The van der Waals surface area contributed by atoms with Crippen LogP contribution in [0.1, 0.15) is 22.7 Å². The summed E-state index contributed by atoms with van der Waals surface area (Å²) in [5.74, 6) is -7.42. The minimum absolute atomic E-state index is 0.453. The van der Waals surface area contributed by atoms with Gasteiger partial charge in [-0.15, -0.1) is 0 Å². The molecule has 0 spiro atoms. The molecule has 0 aliphatic heterocycles. The first-order chi connectivity index (χ1) is 9.86. The third-order valence-corrected chi connectivity index (χ3v) is 3.21. The van der Waals surface area contributed by atoms with Gasteiger partial charge in [-0.2, -0.15) is 8.78 Å². The monoisotopic (exact) mass is 299 g/mol. The summed E-state index contributed by atoms with van der Waals surface area (Å²) in [4.78, 5) is 3.63. The van der Waals surface area contributed by atoms with Crippen molar-refractivity contribution in [1.82, 2.24) is 4.98 Å². The van der Waals surface area contributed by atoms with Gasteiger partial charge in [0.1, 0.15) is 17.3 Å². The van der Waals surface area contributed by atoms with Gasteiger partial charge in [-0.1, -0.05) is 12.1 Å². The summed E-state index contributed by atoms with van der Waals surface area (Å²) in [7, 11) is 0. The van der Waals surface area contributed by atoms with Crippen LogP contribution in [0.3, 0.4) is 0 Å². The van der Waals surface area contributed by atoms with Crippen molar-refractivity contribution in [3.63, 3.8) is 0 Å². The Morgan fingerprint density at radius 2 is 1.90 bits per heavy atom. The lowest BCUT2D eigenvalue weighted by Crippen LogP contribution is -2.28. The molecule has 1 aromatic carbocycles. The fourth-order valence-electron chi connectivity index (χ4n) is 2.04. The molecule has 1 heterocycles. The van der Waals surface area contributed by atoms with E-state index in [0.29, 0.717) is 11.6 Å². The molecule has 0 radical (unpaired) electrons. The molecule has 6 heteroatoms. The predicted molar refractivity (Wildman–Crippen MR) is 69.1 cm³/mol. The lowest BCUT2D eigenvalue weighted by atomic mass is 9.90. The van der Waals surface area contributed by atoms with Crippen LogP contribution in [0.25, 0.3) is 0 Å². The molecule has 112 valence electrons. The Kier molecular flexibility index (Phi) is 4.27. The molecule has 1 aromatic heterocycles. The molecule has 2 aromatic rings. The molecule has 2 nitrogen and oxygen atoms in total. The number of aliphatic hydroxyl groups excluding tert-OH is 1. The molecule has 2 rings (SSSR count). The summed E-state index contributed by atoms with van der Waals surface area (Å²) in [5, 5.41) is 9.26. The number of halogens is 4. The largest absolute Gasteiger partial charge is 0.395 e. The molecule has 0 aliphatic rings. The highest BCUT2D eigenvalue weighted by Gasteiger charge is 2.44. The van der Waals surface area contributed by atoms with Crippen LogP contribution in [-0.2, 0) is 5.92 Å². The highest BCUT2D eigenvalue weighted by Crippen LogP contribution is 2.41. The summed E-state index contributed by atoms with van der Waals surface area (Å²) in [6, 6.07) is 4.87. The average Bonchev–Trinajstić information content (AvgIpc) is 2.42. The van der Waals surface area contributed by atoms with Gasteiger partial charge >= 0.3 is 0 Å². The lowest BCUT2D eigenvalue weighted by molar-refractivity contribution is -0.0546. The summed E-state index contributed by atoms with van der Waals surface area (Å²) in [5.41, 5.74) is -0.329. The maximum Gasteiger partial charge on any atom is 0.298 e. The van der Waals surface area contributed by atoms with Crippen molar-refractivity contribution < 1.29 is 22.7 Å². The van der Waals surface area contributed by atoms with E-state index < -0.39 is 41.3 Å². The van der Waals surface area contributed by atoms with Crippen LogP contribution in [0.4, 0.5) is 17.6 Å². The van der Waals surface area contributed by atoms with Gasteiger partial charge in [0.15, 0.2) is 0 Å². The number of pyridine rings is 1. The lowest BCUT2D eigenvalue weighted by Gasteiger charge is -2.25. The first-order valence-corrected chi connectivity index (χ1v) is 6.23. The van der Waals surface area contributed by atoms with Crippen molar-refractivity contribution in [2.75, 3.05) is 6.61 Å². The Bertz CT molecular complexity index is 628. The van der Waals surface area contributed by atoms with Crippen LogP contribution in [0.15, 0.2) is 36.5 Å². The maximum atomic E-state index is 14.4. The number of benzene rings is 1. The predicted octanol–water partition coefficient (Wildman–Crippen LogP) is 3.54. The number of nitrogens with zero attached hydrogens (tertiary/aromatic N) is 1. The third-order valence-electron chi connectivity index (χ3n) is 3.21. The first-order valence-electron chi connectivity index (χ1n) is 6.23. The van der Waals surface area contributed by atoms with Gasteiger partial charge in [0, 0.05) is 12.3 Å². The number of hydrogen-bond acceptors (Lipinski definition) is 2. The van der Waals surface area contributed by atoms with Crippen LogP contribution in [0.5, 0.6) is 0 Å². The van der Waals surface area contributed by atoms with Gasteiger partial charge in [-0.25, -0.2) is 8.78 Å². The van der Waals surface area contributed by atoms with Crippen molar-refractivity contribution >= 4 is 0 Å². The number of alkyl halides is 2. The van der Waals surface area contributed by atoms with E-state index in [1.807, 2.05) is 0 Å². The molecular formula is C15H13F4NO. The van der Waals surface area contributed by atoms with E-state index in [1.165, 1.54) is 12.3 Å². The number of aliphatic hydroxyl groups is 1. The van der Waals surface area contributed by atoms with Crippen LogP contribution in [0, 0.1) is 18.6 Å². The SMILES string of the molecule is Cc1ccc(C(F)(F)C(CO)c2ccc(F)cc2F)nc1. The Hall–Kier alpha value is -1.95. The summed E-state index contributed by atoms with van der Waals surface area (Å²) >= 11 is 0. The minimum Gasteiger partial charge on any atom is -0.395 e. The van der Waals surface area contributed by atoms with Crippen molar-refractivity contribution in [3.05, 3.63) is 65.0 Å². The van der Waals surface area contributed by atoms with Crippen molar-refractivity contribution in [3.8, 4) is 0 Å². The van der Waals surface area contributed by atoms with E-state index in [-0.39, 0.29) is 0 Å². The molecule has 1 atom stereocenters. The minimum atomic E-state index is -3.58. The van der Waals surface area contributed by atoms with E-state index in [9.17, 15) is 22.7 Å². The number of aryl methyl sites for hydroxylation is 1. The van der Waals surface area contributed by atoms with E-state index in [0.717, 1.165) is 18.2 Å². The van der Waals surface area contributed by atoms with Gasteiger partial charge in [-0.05, 0) is 30.2 Å². The molecule has 0 bridgehead atoms. The van der Waals surface area contributed by atoms with E-state index in [1.54, 1.807) is 6.92 Å². The smallest absolute Gasteiger partial charge is 0.298 e.